The second-order valence-electron chi connectivity index (χ2n) is 5.15. The van der Waals surface area contributed by atoms with Crippen LogP contribution in [0.1, 0.15) is 37.3 Å². The maximum atomic E-state index is 13.3. The summed E-state index contributed by atoms with van der Waals surface area (Å²) in [6.45, 7) is 0. The summed E-state index contributed by atoms with van der Waals surface area (Å²) in [5.41, 5.74) is 7.67. The number of benzene rings is 1. The Balaban J connectivity index is 2.02. The van der Waals surface area contributed by atoms with Crippen LogP contribution in [0.15, 0.2) is 28.7 Å². The van der Waals surface area contributed by atoms with Crippen molar-refractivity contribution in [2.24, 2.45) is 0 Å². The number of nitrogen functional groups attached to an aromatic ring is 1. The zero-order chi connectivity index (χ0) is 14.1. The van der Waals surface area contributed by atoms with E-state index in [2.05, 4.69) is 25.9 Å². The Morgan fingerprint density at radius 2 is 1.90 bits per heavy atom. The van der Waals surface area contributed by atoms with Crippen molar-refractivity contribution in [2.75, 3.05) is 5.73 Å². The fourth-order valence-electron chi connectivity index (χ4n) is 2.68. The highest BCUT2D eigenvalue weighted by Crippen LogP contribution is 2.34. The van der Waals surface area contributed by atoms with E-state index in [0.717, 1.165) is 24.1 Å². The number of hydrogen-bond acceptors (Lipinski definition) is 3. The first-order valence-corrected chi connectivity index (χ1v) is 7.52. The van der Waals surface area contributed by atoms with Crippen LogP contribution in [-0.4, -0.2) is 9.97 Å². The molecule has 0 atom stereocenters. The molecule has 0 spiro atoms. The molecule has 5 heteroatoms. The minimum absolute atomic E-state index is 0.298. The summed E-state index contributed by atoms with van der Waals surface area (Å²) >= 11 is 3.18. The molecule has 1 saturated carbocycles. The van der Waals surface area contributed by atoms with Crippen LogP contribution in [0.4, 0.5) is 10.2 Å². The van der Waals surface area contributed by atoms with E-state index < -0.39 is 0 Å². The summed E-state index contributed by atoms with van der Waals surface area (Å²) in [6, 6.07) is 6.62. The van der Waals surface area contributed by atoms with E-state index in [4.69, 9.17) is 5.73 Å². The molecule has 2 aromatic rings. The van der Waals surface area contributed by atoms with E-state index in [0.29, 0.717) is 22.0 Å². The van der Waals surface area contributed by atoms with Crippen molar-refractivity contribution in [2.45, 2.75) is 31.6 Å². The van der Waals surface area contributed by atoms with Crippen molar-refractivity contribution >= 4 is 21.7 Å². The first-order valence-electron chi connectivity index (χ1n) is 6.73. The van der Waals surface area contributed by atoms with Crippen molar-refractivity contribution < 1.29 is 4.39 Å². The highest BCUT2D eigenvalue weighted by atomic mass is 79.9. The molecule has 1 heterocycles. The zero-order valence-corrected chi connectivity index (χ0v) is 12.5. The number of rotatable bonds is 2. The molecule has 2 N–H and O–H groups in total. The van der Waals surface area contributed by atoms with Crippen LogP contribution >= 0.6 is 15.9 Å². The average molecular weight is 336 g/mol. The van der Waals surface area contributed by atoms with Crippen molar-refractivity contribution in [3.05, 3.63) is 40.2 Å². The first-order chi connectivity index (χ1) is 9.63. The predicted molar refractivity (Wildman–Crippen MR) is 80.7 cm³/mol. The lowest BCUT2D eigenvalue weighted by molar-refractivity contribution is 0.621. The molecule has 1 aliphatic rings. The molecule has 1 aromatic heterocycles. The lowest BCUT2D eigenvalue weighted by Crippen LogP contribution is -2.03. The zero-order valence-electron chi connectivity index (χ0n) is 10.9. The molecular formula is C15H15BrFN3. The van der Waals surface area contributed by atoms with Gasteiger partial charge in [0.2, 0.25) is 0 Å². The van der Waals surface area contributed by atoms with Gasteiger partial charge in [0.1, 0.15) is 11.6 Å². The van der Waals surface area contributed by atoms with E-state index in [-0.39, 0.29) is 5.82 Å². The van der Waals surface area contributed by atoms with Crippen LogP contribution in [0.5, 0.6) is 0 Å². The summed E-state index contributed by atoms with van der Waals surface area (Å²) in [4.78, 5) is 8.89. The number of nitrogens with two attached hydrogens (primary N) is 1. The van der Waals surface area contributed by atoms with E-state index in [9.17, 15) is 4.39 Å². The Labute approximate surface area is 125 Å². The lowest BCUT2D eigenvalue weighted by Gasteiger charge is -2.11. The monoisotopic (exact) mass is 335 g/mol. The van der Waals surface area contributed by atoms with Crippen LogP contribution in [0.25, 0.3) is 11.4 Å². The quantitative estimate of drug-likeness (QED) is 0.890. The Kier molecular flexibility index (Phi) is 3.70. The third-order valence-electron chi connectivity index (χ3n) is 3.72. The van der Waals surface area contributed by atoms with Crippen molar-refractivity contribution in [3.8, 4) is 11.4 Å². The topological polar surface area (TPSA) is 51.8 Å². The van der Waals surface area contributed by atoms with Gasteiger partial charge in [-0.25, -0.2) is 14.4 Å². The Morgan fingerprint density at radius 1 is 1.15 bits per heavy atom. The molecule has 0 aliphatic heterocycles. The van der Waals surface area contributed by atoms with E-state index in [1.807, 2.05) is 6.07 Å². The third kappa shape index (κ3) is 2.68. The van der Waals surface area contributed by atoms with E-state index >= 15 is 0 Å². The van der Waals surface area contributed by atoms with Gasteiger partial charge in [-0.15, -0.1) is 0 Å². The third-order valence-corrected chi connectivity index (χ3v) is 4.32. The molecule has 0 radical (unpaired) electrons. The van der Waals surface area contributed by atoms with E-state index in [1.54, 1.807) is 12.1 Å². The van der Waals surface area contributed by atoms with Gasteiger partial charge in [0, 0.05) is 23.2 Å². The second-order valence-corrected chi connectivity index (χ2v) is 6.01. The SMILES string of the molecule is Nc1cc(C2CCCC2)nc(-c2ccc(F)c(Br)c2)n1. The maximum Gasteiger partial charge on any atom is 0.161 e. The fourth-order valence-corrected chi connectivity index (χ4v) is 3.06. The van der Waals surface area contributed by atoms with Gasteiger partial charge in [0.05, 0.1) is 4.47 Å². The smallest absolute Gasteiger partial charge is 0.161 e. The lowest BCUT2D eigenvalue weighted by atomic mass is 10.0. The summed E-state index contributed by atoms with van der Waals surface area (Å²) < 4.78 is 13.7. The number of hydrogen-bond donors (Lipinski definition) is 1. The maximum absolute atomic E-state index is 13.3. The van der Waals surface area contributed by atoms with Crippen LogP contribution < -0.4 is 5.73 Å². The van der Waals surface area contributed by atoms with Crippen LogP contribution in [0.3, 0.4) is 0 Å². The number of aromatic nitrogens is 2. The molecule has 0 bridgehead atoms. The minimum atomic E-state index is -0.298. The van der Waals surface area contributed by atoms with Gasteiger partial charge in [-0.2, -0.15) is 0 Å². The first kappa shape index (κ1) is 13.5. The van der Waals surface area contributed by atoms with Crippen molar-refractivity contribution in [1.29, 1.82) is 0 Å². The van der Waals surface area contributed by atoms with Crippen molar-refractivity contribution in [1.82, 2.24) is 9.97 Å². The largest absolute Gasteiger partial charge is 0.384 e. The molecule has 3 rings (SSSR count). The number of halogens is 2. The molecule has 0 saturated heterocycles. The summed E-state index contributed by atoms with van der Waals surface area (Å²) in [5.74, 6) is 1.21. The van der Waals surface area contributed by atoms with Gasteiger partial charge in [-0.3, -0.25) is 0 Å². The van der Waals surface area contributed by atoms with Gasteiger partial charge in [-0.1, -0.05) is 12.8 Å². The van der Waals surface area contributed by atoms with Gasteiger partial charge >= 0.3 is 0 Å². The summed E-state index contributed by atoms with van der Waals surface area (Å²) in [6.07, 6.45) is 4.80. The van der Waals surface area contributed by atoms with E-state index in [1.165, 1.54) is 18.9 Å². The second kappa shape index (κ2) is 5.48. The normalized spacial score (nSPS) is 15.7. The van der Waals surface area contributed by atoms with Gasteiger partial charge in [0.15, 0.2) is 5.82 Å². The predicted octanol–water partition coefficient (Wildman–Crippen LogP) is 4.29. The minimum Gasteiger partial charge on any atom is -0.384 e. The Bertz CT molecular complexity index is 639. The summed E-state index contributed by atoms with van der Waals surface area (Å²) in [7, 11) is 0. The Hall–Kier alpha value is -1.49. The molecule has 1 aliphatic carbocycles. The van der Waals surface area contributed by atoms with Crippen molar-refractivity contribution in [3.63, 3.8) is 0 Å². The highest BCUT2D eigenvalue weighted by Gasteiger charge is 2.20. The highest BCUT2D eigenvalue weighted by molar-refractivity contribution is 9.10. The van der Waals surface area contributed by atoms with Crippen LogP contribution in [0, 0.1) is 5.82 Å². The average Bonchev–Trinajstić information content (AvgIpc) is 2.95. The summed E-state index contributed by atoms with van der Waals surface area (Å²) in [5, 5.41) is 0. The molecule has 1 fully saturated rings. The Morgan fingerprint density at radius 3 is 2.60 bits per heavy atom. The number of anilines is 1. The molecule has 0 unspecified atom stereocenters. The van der Waals surface area contributed by atoms with Crippen LogP contribution in [-0.2, 0) is 0 Å². The van der Waals surface area contributed by atoms with Gasteiger partial charge in [0.25, 0.3) is 0 Å². The van der Waals surface area contributed by atoms with Crippen LogP contribution in [0.2, 0.25) is 0 Å². The molecule has 1 aromatic carbocycles. The molecule has 0 amide bonds. The fraction of sp³-hybridized carbons (Fsp3) is 0.333. The molecular weight excluding hydrogens is 321 g/mol. The molecule has 104 valence electrons. The van der Waals surface area contributed by atoms with Gasteiger partial charge < -0.3 is 5.73 Å². The number of nitrogens with zero attached hydrogens (tertiary/aromatic N) is 2. The molecule has 3 nitrogen and oxygen atoms in total. The van der Waals surface area contributed by atoms with Gasteiger partial charge in [-0.05, 0) is 47.0 Å². The molecule has 20 heavy (non-hydrogen) atoms. The standard InChI is InChI=1S/C15H15BrFN3/c16-11-7-10(5-6-12(11)17)15-19-13(8-14(18)20-15)9-3-1-2-4-9/h5-9H,1-4H2,(H2,18,19,20).